The number of nitrogens with one attached hydrogen (secondary N) is 1. The molecule has 2 heterocycles. The number of likely N-dealkylation sites (tertiary alicyclic amines) is 1. The Bertz CT molecular complexity index is 511. The van der Waals surface area contributed by atoms with Crippen LogP contribution >= 0.6 is 0 Å². The summed E-state index contributed by atoms with van der Waals surface area (Å²) in [5.74, 6) is -0.731. The van der Waals surface area contributed by atoms with Crippen LogP contribution in [0.1, 0.15) is 23.4 Å². The zero-order chi connectivity index (χ0) is 15.2. The van der Waals surface area contributed by atoms with E-state index in [1.807, 2.05) is 0 Å². The lowest BCUT2D eigenvalue weighted by Crippen LogP contribution is -2.33. The van der Waals surface area contributed by atoms with Gasteiger partial charge < -0.3 is 19.4 Å². The number of hydrogen-bond donors (Lipinski definition) is 1. The van der Waals surface area contributed by atoms with Crippen LogP contribution in [0.3, 0.4) is 0 Å². The monoisotopic (exact) mass is 294 g/mol. The molecule has 2 rings (SSSR count). The molecule has 1 aromatic heterocycles. The molecule has 1 atom stereocenters. The molecule has 1 aromatic rings. The highest BCUT2D eigenvalue weighted by molar-refractivity contribution is 5.91. The lowest BCUT2D eigenvalue weighted by atomic mass is 10.1. The second kappa shape index (κ2) is 6.92. The van der Waals surface area contributed by atoms with Gasteiger partial charge in [0.25, 0.3) is 5.91 Å². The van der Waals surface area contributed by atoms with Gasteiger partial charge in [-0.3, -0.25) is 14.4 Å². The van der Waals surface area contributed by atoms with E-state index >= 15 is 0 Å². The van der Waals surface area contributed by atoms with E-state index in [0.717, 1.165) is 0 Å². The van der Waals surface area contributed by atoms with Gasteiger partial charge in [0.15, 0.2) is 5.76 Å². The Hall–Kier alpha value is -2.31. The summed E-state index contributed by atoms with van der Waals surface area (Å²) >= 11 is 0. The molecule has 1 saturated heterocycles. The average molecular weight is 294 g/mol. The first-order valence-electron chi connectivity index (χ1n) is 6.79. The van der Waals surface area contributed by atoms with E-state index in [-0.39, 0.29) is 42.4 Å². The van der Waals surface area contributed by atoms with Gasteiger partial charge in [0.1, 0.15) is 0 Å². The standard InChI is InChI=1S/C14H18N2O5/c1-20-14(19)10-5-7-16(9-10)12(17)4-6-15-13(18)11-3-2-8-21-11/h2-3,8,10H,4-7,9H2,1H3,(H,15,18). The van der Waals surface area contributed by atoms with Crippen LogP contribution in [0.4, 0.5) is 0 Å². The van der Waals surface area contributed by atoms with Crippen LogP contribution in [0.15, 0.2) is 22.8 Å². The fourth-order valence-electron chi connectivity index (χ4n) is 2.28. The van der Waals surface area contributed by atoms with Crippen LogP contribution in [-0.2, 0) is 14.3 Å². The van der Waals surface area contributed by atoms with E-state index in [2.05, 4.69) is 10.1 Å². The normalized spacial score (nSPS) is 17.6. The van der Waals surface area contributed by atoms with Crippen molar-refractivity contribution in [1.82, 2.24) is 10.2 Å². The fraction of sp³-hybridized carbons (Fsp3) is 0.500. The average Bonchev–Trinajstić information content (AvgIpc) is 3.17. The number of ether oxygens (including phenoxy) is 1. The molecule has 1 N–H and O–H groups in total. The third kappa shape index (κ3) is 3.84. The highest BCUT2D eigenvalue weighted by atomic mass is 16.5. The van der Waals surface area contributed by atoms with Crippen LogP contribution in [0, 0.1) is 5.92 Å². The number of carbonyl (C=O) groups excluding carboxylic acids is 3. The van der Waals surface area contributed by atoms with Crippen molar-refractivity contribution in [2.75, 3.05) is 26.7 Å². The Morgan fingerprint density at radius 2 is 2.29 bits per heavy atom. The van der Waals surface area contributed by atoms with Gasteiger partial charge >= 0.3 is 5.97 Å². The number of nitrogens with zero attached hydrogens (tertiary/aromatic N) is 1. The van der Waals surface area contributed by atoms with Crippen molar-refractivity contribution in [3.8, 4) is 0 Å². The topological polar surface area (TPSA) is 88.9 Å². The number of carbonyl (C=O) groups is 3. The first-order valence-corrected chi connectivity index (χ1v) is 6.79. The molecule has 7 nitrogen and oxygen atoms in total. The molecule has 0 saturated carbocycles. The van der Waals surface area contributed by atoms with Gasteiger partial charge in [0, 0.05) is 26.1 Å². The van der Waals surface area contributed by atoms with Gasteiger partial charge in [-0.05, 0) is 18.6 Å². The molecular weight excluding hydrogens is 276 g/mol. The van der Waals surface area contributed by atoms with E-state index in [4.69, 9.17) is 4.42 Å². The summed E-state index contributed by atoms with van der Waals surface area (Å²) in [5.41, 5.74) is 0. The minimum Gasteiger partial charge on any atom is -0.469 e. The van der Waals surface area contributed by atoms with Gasteiger partial charge in [-0.25, -0.2) is 0 Å². The molecule has 7 heteroatoms. The molecule has 0 radical (unpaired) electrons. The van der Waals surface area contributed by atoms with Gasteiger partial charge in [-0.15, -0.1) is 0 Å². The summed E-state index contributed by atoms with van der Waals surface area (Å²) < 4.78 is 9.62. The maximum absolute atomic E-state index is 12.0. The Morgan fingerprint density at radius 3 is 2.95 bits per heavy atom. The number of methoxy groups -OCH3 is 1. The lowest BCUT2D eigenvalue weighted by molar-refractivity contribution is -0.145. The molecule has 1 aliphatic rings. The largest absolute Gasteiger partial charge is 0.469 e. The highest BCUT2D eigenvalue weighted by Gasteiger charge is 2.31. The van der Waals surface area contributed by atoms with Crippen molar-refractivity contribution in [3.63, 3.8) is 0 Å². The quantitative estimate of drug-likeness (QED) is 0.795. The van der Waals surface area contributed by atoms with Crippen molar-refractivity contribution < 1.29 is 23.5 Å². The van der Waals surface area contributed by atoms with E-state index < -0.39 is 0 Å². The summed E-state index contributed by atoms with van der Waals surface area (Å²) in [5, 5.41) is 2.61. The predicted octanol–water partition coefficient (Wildman–Crippen LogP) is 0.421. The molecule has 2 amide bonds. The van der Waals surface area contributed by atoms with Crippen molar-refractivity contribution in [1.29, 1.82) is 0 Å². The lowest BCUT2D eigenvalue weighted by Gasteiger charge is -2.16. The molecule has 114 valence electrons. The van der Waals surface area contributed by atoms with E-state index in [9.17, 15) is 14.4 Å². The fourth-order valence-corrected chi connectivity index (χ4v) is 2.28. The van der Waals surface area contributed by atoms with Crippen LogP contribution in [0.2, 0.25) is 0 Å². The van der Waals surface area contributed by atoms with Crippen molar-refractivity contribution in [2.45, 2.75) is 12.8 Å². The highest BCUT2D eigenvalue weighted by Crippen LogP contribution is 2.18. The summed E-state index contributed by atoms with van der Waals surface area (Å²) in [6.45, 7) is 1.17. The molecule has 0 spiro atoms. The molecule has 0 aliphatic carbocycles. The van der Waals surface area contributed by atoms with Crippen LogP contribution < -0.4 is 5.32 Å². The third-order valence-electron chi connectivity index (χ3n) is 3.44. The number of furan rings is 1. The summed E-state index contributed by atoms with van der Waals surface area (Å²) in [4.78, 5) is 36.6. The third-order valence-corrected chi connectivity index (χ3v) is 3.44. The van der Waals surface area contributed by atoms with Crippen molar-refractivity contribution in [2.24, 2.45) is 5.92 Å². The second-order valence-electron chi connectivity index (χ2n) is 4.83. The summed E-state index contributed by atoms with van der Waals surface area (Å²) in [7, 11) is 1.34. The first kappa shape index (κ1) is 15.1. The van der Waals surface area contributed by atoms with Gasteiger partial charge in [-0.1, -0.05) is 0 Å². The molecule has 0 aromatic carbocycles. The smallest absolute Gasteiger partial charge is 0.310 e. The van der Waals surface area contributed by atoms with Crippen LogP contribution in [-0.4, -0.2) is 49.4 Å². The summed E-state index contributed by atoms with van der Waals surface area (Å²) in [6.07, 6.45) is 2.23. The zero-order valence-corrected chi connectivity index (χ0v) is 11.8. The predicted molar refractivity (Wildman–Crippen MR) is 72.4 cm³/mol. The van der Waals surface area contributed by atoms with Gasteiger partial charge in [-0.2, -0.15) is 0 Å². The van der Waals surface area contributed by atoms with Gasteiger partial charge in [0.05, 0.1) is 19.3 Å². The Labute approximate surface area is 122 Å². The minimum absolute atomic E-state index is 0.0823. The number of rotatable bonds is 5. The van der Waals surface area contributed by atoms with E-state index in [1.54, 1.807) is 17.0 Å². The SMILES string of the molecule is COC(=O)C1CCN(C(=O)CCNC(=O)c2ccco2)C1. The maximum atomic E-state index is 12.0. The zero-order valence-electron chi connectivity index (χ0n) is 11.8. The van der Waals surface area contributed by atoms with Crippen LogP contribution in [0.25, 0.3) is 0 Å². The van der Waals surface area contributed by atoms with E-state index in [1.165, 1.54) is 13.4 Å². The molecule has 1 fully saturated rings. The van der Waals surface area contributed by atoms with Gasteiger partial charge in [0.2, 0.25) is 5.91 Å². The Balaban J connectivity index is 1.71. The van der Waals surface area contributed by atoms with Crippen molar-refractivity contribution in [3.05, 3.63) is 24.2 Å². The number of esters is 1. The first-order chi connectivity index (χ1) is 10.1. The molecule has 0 bridgehead atoms. The molecule has 21 heavy (non-hydrogen) atoms. The number of hydrogen-bond acceptors (Lipinski definition) is 5. The Morgan fingerprint density at radius 1 is 1.48 bits per heavy atom. The van der Waals surface area contributed by atoms with E-state index in [0.29, 0.717) is 19.5 Å². The van der Waals surface area contributed by atoms with Crippen molar-refractivity contribution >= 4 is 17.8 Å². The Kier molecular flexibility index (Phi) is 4.97. The minimum atomic E-state index is -0.346. The maximum Gasteiger partial charge on any atom is 0.310 e. The number of amides is 2. The molecule has 1 aliphatic heterocycles. The second-order valence-corrected chi connectivity index (χ2v) is 4.83. The molecule has 1 unspecified atom stereocenters. The summed E-state index contributed by atoms with van der Waals surface area (Å²) in [6, 6.07) is 3.18. The molecular formula is C14H18N2O5. The van der Waals surface area contributed by atoms with Crippen LogP contribution in [0.5, 0.6) is 0 Å².